The quantitative estimate of drug-likeness (QED) is 0.819. The number of nitriles is 1. The summed E-state index contributed by atoms with van der Waals surface area (Å²) in [6.45, 7) is 3.78. The number of carbonyl (C=O) groups excluding carboxylic acids is 1. The minimum absolute atomic E-state index is 0.101. The molecule has 0 aliphatic heterocycles. The van der Waals surface area contributed by atoms with E-state index in [9.17, 15) is 4.79 Å². The molecule has 0 aliphatic rings. The topological polar surface area (TPSA) is 53.3 Å². The molecule has 96 valence electrons. The summed E-state index contributed by atoms with van der Waals surface area (Å²) < 4.78 is 5.20. The van der Waals surface area contributed by atoms with Crippen LogP contribution in [0.2, 0.25) is 0 Å². The van der Waals surface area contributed by atoms with Gasteiger partial charge in [0.05, 0.1) is 19.6 Å². The maximum absolute atomic E-state index is 12.2. The molecule has 1 atom stereocenters. The number of aryl methyl sites for hydroxylation is 1. The van der Waals surface area contributed by atoms with Crippen molar-refractivity contribution in [2.75, 3.05) is 14.2 Å². The van der Waals surface area contributed by atoms with E-state index < -0.39 is 0 Å². The number of hydrogen-bond acceptors (Lipinski definition) is 3. The zero-order valence-electron chi connectivity index (χ0n) is 11.2. The van der Waals surface area contributed by atoms with E-state index in [1.165, 1.54) is 0 Å². The van der Waals surface area contributed by atoms with Crippen LogP contribution in [0.4, 0.5) is 0 Å². The Labute approximate surface area is 108 Å². The second-order valence-electron chi connectivity index (χ2n) is 4.31. The van der Waals surface area contributed by atoms with Gasteiger partial charge in [0.2, 0.25) is 0 Å². The first kappa shape index (κ1) is 14.0. The van der Waals surface area contributed by atoms with Crippen molar-refractivity contribution in [3.05, 3.63) is 29.3 Å². The van der Waals surface area contributed by atoms with Crippen LogP contribution >= 0.6 is 0 Å². The predicted molar refractivity (Wildman–Crippen MR) is 69.5 cm³/mol. The number of carbonyl (C=O) groups is 1. The van der Waals surface area contributed by atoms with E-state index >= 15 is 0 Å². The SMILES string of the molecule is COc1cc(C(=O)N(C)[C@@H](C)CC#N)ccc1C. The van der Waals surface area contributed by atoms with Crippen molar-refractivity contribution in [2.45, 2.75) is 26.3 Å². The van der Waals surface area contributed by atoms with E-state index in [1.807, 2.05) is 19.9 Å². The van der Waals surface area contributed by atoms with Gasteiger partial charge in [0.25, 0.3) is 5.91 Å². The molecular formula is C14H18N2O2. The van der Waals surface area contributed by atoms with Gasteiger partial charge in [0, 0.05) is 18.7 Å². The normalized spacial score (nSPS) is 11.5. The Hall–Kier alpha value is -2.02. The molecule has 0 saturated heterocycles. The Morgan fingerprint density at radius 2 is 2.22 bits per heavy atom. The number of hydrogen-bond donors (Lipinski definition) is 0. The van der Waals surface area contributed by atoms with E-state index in [2.05, 4.69) is 6.07 Å². The van der Waals surface area contributed by atoms with Crippen LogP contribution in [0.1, 0.15) is 29.3 Å². The Morgan fingerprint density at radius 3 is 2.78 bits per heavy atom. The molecule has 0 saturated carbocycles. The summed E-state index contributed by atoms with van der Waals surface area (Å²) in [6, 6.07) is 7.32. The van der Waals surface area contributed by atoms with Crippen LogP contribution in [-0.4, -0.2) is 31.0 Å². The first-order chi connectivity index (χ1) is 8.51. The Kier molecular flexibility index (Phi) is 4.73. The fourth-order valence-corrected chi connectivity index (χ4v) is 1.63. The molecule has 0 bridgehead atoms. The molecule has 0 radical (unpaired) electrons. The molecule has 0 spiro atoms. The van der Waals surface area contributed by atoms with Crippen molar-refractivity contribution < 1.29 is 9.53 Å². The highest BCUT2D eigenvalue weighted by Crippen LogP contribution is 2.20. The highest BCUT2D eigenvalue weighted by atomic mass is 16.5. The van der Waals surface area contributed by atoms with Crippen LogP contribution in [0.25, 0.3) is 0 Å². The first-order valence-corrected chi connectivity index (χ1v) is 5.80. The van der Waals surface area contributed by atoms with Crippen molar-refractivity contribution in [2.24, 2.45) is 0 Å². The molecule has 18 heavy (non-hydrogen) atoms. The fourth-order valence-electron chi connectivity index (χ4n) is 1.63. The summed E-state index contributed by atoms with van der Waals surface area (Å²) in [6.07, 6.45) is 0.325. The van der Waals surface area contributed by atoms with Crippen LogP contribution in [0.5, 0.6) is 5.75 Å². The Morgan fingerprint density at radius 1 is 1.56 bits per heavy atom. The molecule has 0 aromatic heterocycles. The molecule has 1 rings (SSSR count). The third-order valence-corrected chi connectivity index (χ3v) is 3.02. The molecule has 1 amide bonds. The third-order valence-electron chi connectivity index (χ3n) is 3.02. The monoisotopic (exact) mass is 246 g/mol. The summed E-state index contributed by atoms with van der Waals surface area (Å²) >= 11 is 0. The maximum Gasteiger partial charge on any atom is 0.254 e. The van der Waals surface area contributed by atoms with Crippen LogP contribution in [0.3, 0.4) is 0 Å². The minimum Gasteiger partial charge on any atom is -0.496 e. The molecule has 0 N–H and O–H groups in total. The van der Waals surface area contributed by atoms with E-state index in [0.29, 0.717) is 17.7 Å². The standard InChI is InChI=1S/C14H18N2O2/c1-10-5-6-12(9-13(10)18-4)14(17)16(3)11(2)7-8-15/h5-6,9,11H,7H2,1-4H3/t11-/m0/s1. The van der Waals surface area contributed by atoms with E-state index in [4.69, 9.17) is 10.00 Å². The highest BCUT2D eigenvalue weighted by Gasteiger charge is 2.18. The van der Waals surface area contributed by atoms with Crippen molar-refractivity contribution in [3.8, 4) is 11.8 Å². The number of nitrogens with zero attached hydrogens (tertiary/aromatic N) is 2. The van der Waals surface area contributed by atoms with Gasteiger partial charge < -0.3 is 9.64 Å². The van der Waals surface area contributed by atoms with Gasteiger partial charge >= 0.3 is 0 Å². The minimum atomic E-state index is -0.102. The van der Waals surface area contributed by atoms with Gasteiger partial charge in [-0.05, 0) is 31.5 Å². The predicted octanol–water partition coefficient (Wildman–Crippen LogP) is 2.38. The molecule has 4 nitrogen and oxygen atoms in total. The zero-order chi connectivity index (χ0) is 13.7. The smallest absolute Gasteiger partial charge is 0.254 e. The molecule has 0 aliphatic carbocycles. The molecule has 1 aromatic carbocycles. The maximum atomic E-state index is 12.2. The average Bonchev–Trinajstić information content (AvgIpc) is 2.38. The summed E-state index contributed by atoms with van der Waals surface area (Å²) in [5.41, 5.74) is 1.56. The van der Waals surface area contributed by atoms with Gasteiger partial charge in [0.15, 0.2) is 0 Å². The van der Waals surface area contributed by atoms with Gasteiger partial charge in [-0.15, -0.1) is 0 Å². The second-order valence-corrected chi connectivity index (χ2v) is 4.31. The number of methoxy groups -OCH3 is 1. The van der Waals surface area contributed by atoms with Gasteiger partial charge in [-0.1, -0.05) is 6.07 Å². The molecular weight excluding hydrogens is 228 g/mol. The number of rotatable bonds is 4. The highest BCUT2D eigenvalue weighted by molar-refractivity contribution is 5.94. The van der Waals surface area contributed by atoms with Crippen LogP contribution in [0.15, 0.2) is 18.2 Å². The summed E-state index contributed by atoms with van der Waals surface area (Å²) in [5.74, 6) is 0.596. The number of amides is 1. The molecule has 0 heterocycles. The largest absolute Gasteiger partial charge is 0.496 e. The van der Waals surface area contributed by atoms with E-state index in [-0.39, 0.29) is 11.9 Å². The lowest BCUT2D eigenvalue weighted by Crippen LogP contribution is -2.34. The first-order valence-electron chi connectivity index (χ1n) is 5.80. The van der Waals surface area contributed by atoms with Crippen LogP contribution in [0, 0.1) is 18.3 Å². The van der Waals surface area contributed by atoms with Crippen LogP contribution in [-0.2, 0) is 0 Å². The van der Waals surface area contributed by atoms with Gasteiger partial charge in [-0.2, -0.15) is 5.26 Å². The van der Waals surface area contributed by atoms with Gasteiger partial charge in [-0.25, -0.2) is 0 Å². The molecule has 0 unspecified atom stereocenters. The van der Waals surface area contributed by atoms with Crippen molar-refractivity contribution >= 4 is 5.91 Å². The number of benzene rings is 1. The molecule has 0 fully saturated rings. The average molecular weight is 246 g/mol. The molecule has 4 heteroatoms. The van der Waals surface area contributed by atoms with Crippen molar-refractivity contribution in [1.29, 1.82) is 5.26 Å². The number of ether oxygens (including phenoxy) is 1. The van der Waals surface area contributed by atoms with Crippen molar-refractivity contribution in [1.82, 2.24) is 4.90 Å². The summed E-state index contributed by atoms with van der Waals surface area (Å²) in [7, 11) is 3.29. The zero-order valence-corrected chi connectivity index (χ0v) is 11.2. The lowest BCUT2D eigenvalue weighted by atomic mass is 10.1. The van der Waals surface area contributed by atoms with Crippen molar-refractivity contribution in [3.63, 3.8) is 0 Å². The second kappa shape index (κ2) is 6.06. The summed E-state index contributed by atoms with van der Waals surface area (Å²) in [5, 5.41) is 8.65. The molecule has 1 aromatic rings. The summed E-state index contributed by atoms with van der Waals surface area (Å²) in [4.78, 5) is 13.8. The van der Waals surface area contributed by atoms with Crippen LogP contribution < -0.4 is 4.74 Å². The van der Waals surface area contributed by atoms with Gasteiger partial charge in [-0.3, -0.25) is 4.79 Å². The van der Waals surface area contributed by atoms with E-state index in [0.717, 1.165) is 5.56 Å². The Bertz CT molecular complexity index is 477. The third kappa shape index (κ3) is 3.01. The fraction of sp³-hybridized carbons (Fsp3) is 0.429. The Balaban J connectivity index is 2.94. The van der Waals surface area contributed by atoms with E-state index in [1.54, 1.807) is 31.2 Å². The lowest BCUT2D eigenvalue weighted by molar-refractivity contribution is 0.0746. The van der Waals surface area contributed by atoms with Gasteiger partial charge in [0.1, 0.15) is 5.75 Å². The lowest BCUT2D eigenvalue weighted by Gasteiger charge is -2.23.